The molecule has 0 saturated carbocycles. The average molecular weight is 400 g/mol. The zero-order valence-electron chi connectivity index (χ0n) is 17.3. The number of piperidine rings is 1. The first-order valence-corrected chi connectivity index (χ1v) is 9.80. The fraction of sp³-hybridized carbons (Fsp3) is 0.476. The molecule has 0 unspecified atom stereocenters. The van der Waals surface area contributed by atoms with Crippen LogP contribution in [0.5, 0.6) is 0 Å². The number of hydrogen-bond donors (Lipinski definition) is 2. The van der Waals surface area contributed by atoms with Crippen molar-refractivity contribution >= 4 is 12.0 Å². The minimum atomic E-state index is -0.515. The summed E-state index contributed by atoms with van der Waals surface area (Å²) >= 11 is 0. The maximum atomic E-state index is 12.6. The van der Waals surface area contributed by atoms with E-state index in [2.05, 4.69) is 10.3 Å². The standard InChI is InChI=1S/C21H28N4O4/c1-14-13-22-19(27)25(14)17-7-5-15(6-8-17)18(26)23-16-9-11-24(12-10-16)20(28)29-21(2,3)4/h5-8,13,16H,9-12H2,1-4H3,(H,22,27)(H,23,26). The van der Waals surface area contributed by atoms with Crippen molar-refractivity contribution in [3.8, 4) is 5.69 Å². The molecule has 156 valence electrons. The monoisotopic (exact) mass is 400 g/mol. The van der Waals surface area contributed by atoms with Gasteiger partial charge in [-0.3, -0.25) is 9.36 Å². The van der Waals surface area contributed by atoms with Crippen LogP contribution in [0.3, 0.4) is 0 Å². The zero-order valence-corrected chi connectivity index (χ0v) is 17.3. The molecule has 2 amide bonds. The number of H-pyrrole nitrogens is 1. The van der Waals surface area contributed by atoms with Gasteiger partial charge in [0.15, 0.2) is 0 Å². The van der Waals surface area contributed by atoms with E-state index < -0.39 is 5.60 Å². The van der Waals surface area contributed by atoms with E-state index >= 15 is 0 Å². The van der Waals surface area contributed by atoms with Crippen LogP contribution in [0.15, 0.2) is 35.3 Å². The molecule has 1 saturated heterocycles. The van der Waals surface area contributed by atoms with Crippen LogP contribution in [0.4, 0.5) is 4.79 Å². The van der Waals surface area contributed by atoms with Crippen molar-refractivity contribution in [1.29, 1.82) is 0 Å². The Balaban J connectivity index is 1.55. The molecule has 1 aliphatic rings. The van der Waals surface area contributed by atoms with E-state index in [4.69, 9.17) is 4.74 Å². The van der Waals surface area contributed by atoms with E-state index in [1.807, 2.05) is 27.7 Å². The van der Waals surface area contributed by atoms with Gasteiger partial charge in [-0.15, -0.1) is 0 Å². The second-order valence-corrected chi connectivity index (χ2v) is 8.33. The molecule has 0 atom stereocenters. The molecule has 0 aliphatic carbocycles. The van der Waals surface area contributed by atoms with E-state index in [1.54, 1.807) is 39.9 Å². The van der Waals surface area contributed by atoms with Gasteiger partial charge < -0.3 is 19.9 Å². The number of aryl methyl sites for hydroxylation is 1. The fourth-order valence-electron chi connectivity index (χ4n) is 3.34. The van der Waals surface area contributed by atoms with Crippen molar-refractivity contribution in [3.63, 3.8) is 0 Å². The minimum Gasteiger partial charge on any atom is -0.444 e. The number of likely N-dealkylation sites (tertiary alicyclic amines) is 1. The molecular formula is C21H28N4O4. The van der Waals surface area contributed by atoms with Crippen LogP contribution in [0.1, 0.15) is 49.7 Å². The highest BCUT2D eigenvalue weighted by molar-refractivity contribution is 5.94. The minimum absolute atomic E-state index is 0.00963. The third-order valence-electron chi connectivity index (χ3n) is 4.83. The zero-order chi connectivity index (χ0) is 21.2. The van der Waals surface area contributed by atoms with Crippen LogP contribution in [0.25, 0.3) is 5.69 Å². The van der Waals surface area contributed by atoms with Gasteiger partial charge in [0.2, 0.25) is 0 Å². The number of carbonyl (C=O) groups excluding carboxylic acids is 2. The Morgan fingerprint density at radius 3 is 2.28 bits per heavy atom. The van der Waals surface area contributed by atoms with E-state index in [9.17, 15) is 14.4 Å². The number of rotatable bonds is 3. The Hall–Kier alpha value is -3.03. The van der Waals surface area contributed by atoms with Crippen molar-refractivity contribution < 1.29 is 14.3 Å². The van der Waals surface area contributed by atoms with Gasteiger partial charge >= 0.3 is 11.8 Å². The summed E-state index contributed by atoms with van der Waals surface area (Å²) in [7, 11) is 0. The Bertz CT molecular complexity index is 929. The van der Waals surface area contributed by atoms with Crippen molar-refractivity contribution in [3.05, 3.63) is 52.2 Å². The van der Waals surface area contributed by atoms with Gasteiger partial charge in [0, 0.05) is 36.6 Å². The summed E-state index contributed by atoms with van der Waals surface area (Å²) in [5.41, 5.74) is 1.30. The van der Waals surface area contributed by atoms with Gasteiger partial charge in [0.05, 0.1) is 5.69 Å². The summed E-state index contributed by atoms with van der Waals surface area (Å²) in [6.45, 7) is 8.47. The number of imidazole rings is 1. The lowest BCUT2D eigenvalue weighted by molar-refractivity contribution is 0.0199. The van der Waals surface area contributed by atoms with E-state index in [0.29, 0.717) is 37.2 Å². The Kier molecular flexibility index (Phi) is 5.81. The van der Waals surface area contributed by atoms with Crippen LogP contribution in [-0.4, -0.2) is 51.2 Å². The molecule has 1 fully saturated rings. The highest BCUT2D eigenvalue weighted by Crippen LogP contribution is 2.16. The average Bonchev–Trinajstić information content (AvgIpc) is 2.99. The molecule has 1 aromatic carbocycles. The van der Waals surface area contributed by atoms with E-state index in [-0.39, 0.29) is 23.7 Å². The third-order valence-corrected chi connectivity index (χ3v) is 4.83. The Morgan fingerprint density at radius 1 is 1.14 bits per heavy atom. The lowest BCUT2D eigenvalue weighted by Gasteiger charge is -2.33. The number of nitrogens with zero attached hydrogens (tertiary/aromatic N) is 2. The van der Waals surface area contributed by atoms with Crippen LogP contribution in [-0.2, 0) is 4.74 Å². The summed E-state index contributed by atoms with van der Waals surface area (Å²) in [4.78, 5) is 40.9. The predicted molar refractivity (Wildman–Crippen MR) is 109 cm³/mol. The molecule has 0 radical (unpaired) electrons. The molecule has 8 heteroatoms. The van der Waals surface area contributed by atoms with Gasteiger partial charge in [-0.1, -0.05) is 0 Å². The first-order chi connectivity index (χ1) is 13.6. The molecule has 3 rings (SSSR count). The molecule has 8 nitrogen and oxygen atoms in total. The molecule has 2 aromatic rings. The van der Waals surface area contributed by atoms with Crippen molar-refractivity contribution in [2.75, 3.05) is 13.1 Å². The number of nitrogens with one attached hydrogen (secondary N) is 2. The van der Waals surface area contributed by atoms with E-state index in [1.165, 1.54) is 0 Å². The molecule has 29 heavy (non-hydrogen) atoms. The van der Waals surface area contributed by atoms with Crippen LogP contribution in [0, 0.1) is 6.92 Å². The summed E-state index contributed by atoms with van der Waals surface area (Å²) in [5.74, 6) is -0.162. The summed E-state index contributed by atoms with van der Waals surface area (Å²) in [6, 6.07) is 6.93. The van der Waals surface area contributed by atoms with Gasteiger partial charge in [0.1, 0.15) is 5.60 Å². The highest BCUT2D eigenvalue weighted by Gasteiger charge is 2.27. The molecule has 0 bridgehead atoms. The van der Waals surface area contributed by atoms with E-state index in [0.717, 1.165) is 5.69 Å². The van der Waals surface area contributed by atoms with Gasteiger partial charge in [0.25, 0.3) is 5.91 Å². The normalized spacial score (nSPS) is 15.2. The number of hydrogen-bond acceptors (Lipinski definition) is 4. The summed E-state index contributed by atoms with van der Waals surface area (Å²) in [6.07, 6.45) is 2.70. The Labute approximate surface area is 169 Å². The molecule has 1 aromatic heterocycles. The lowest BCUT2D eigenvalue weighted by atomic mass is 10.0. The molecular weight excluding hydrogens is 372 g/mol. The molecule has 2 heterocycles. The van der Waals surface area contributed by atoms with Gasteiger partial charge in [-0.05, 0) is 64.8 Å². The number of carbonyl (C=O) groups is 2. The van der Waals surface area contributed by atoms with Crippen LogP contribution < -0.4 is 11.0 Å². The van der Waals surface area contributed by atoms with Crippen LogP contribution >= 0.6 is 0 Å². The first kappa shape index (κ1) is 20.7. The maximum Gasteiger partial charge on any atom is 0.410 e. The molecule has 1 aliphatic heterocycles. The first-order valence-electron chi connectivity index (χ1n) is 9.80. The summed E-state index contributed by atoms with van der Waals surface area (Å²) < 4.78 is 6.94. The van der Waals surface area contributed by atoms with Crippen molar-refractivity contribution in [2.24, 2.45) is 0 Å². The number of aromatic amines is 1. The van der Waals surface area contributed by atoms with Gasteiger partial charge in [-0.25, -0.2) is 9.59 Å². The van der Waals surface area contributed by atoms with Gasteiger partial charge in [-0.2, -0.15) is 0 Å². The fourth-order valence-corrected chi connectivity index (χ4v) is 3.34. The highest BCUT2D eigenvalue weighted by atomic mass is 16.6. The van der Waals surface area contributed by atoms with Crippen LogP contribution in [0.2, 0.25) is 0 Å². The van der Waals surface area contributed by atoms with Crippen molar-refractivity contribution in [2.45, 2.75) is 52.2 Å². The lowest BCUT2D eigenvalue weighted by Crippen LogP contribution is -2.47. The number of aromatic nitrogens is 2. The Morgan fingerprint density at radius 2 is 1.76 bits per heavy atom. The number of ether oxygens (including phenoxy) is 1. The second-order valence-electron chi connectivity index (χ2n) is 8.33. The predicted octanol–water partition coefficient (Wildman–Crippen LogP) is 2.60. The summed E-state index contributed by atoms with van der Waals surface area (Å²) in [5, 5.41) is 3.03. The second kappa shape index (κ2) is 8.14. The quantitative estimate of drug-likeness (QED) is 0.828. The topological polar surface area (TPSA) is 96.4 Å². The number of amides is 2. The van der Waals surface area contributed by atoms with Crippen molar-refractivity contribution in [1.82, 2.24) is 19.8 Å². The molecule has 0 spiro atoms. The molecule has 2 N–H and O–H groups in total. The maximum absolute atomic E-state index is 12.6. The SMILES string of the molecule is Cc1c[nH]c(=O)n1-c1ccc(C(=O)NC2CCN(C(=O)OC(C)(C)C)CC2)cc1. The third kappa shape index (κ3) is 5.07. The largest absolute Gasteiger partial charge is 0.444 e. The smallest absolute Gasteiger partial charge is 0.410 e. The number of benzene rings is 1.